The van der Waals surface area contributed by atoms with Crippen LogP contribution in [0, 0.1) is 0 Å². The second-order valence-corrected chi connectivity index (χ2v) is 19.9. The molecule has 14 nitrogen and oxygen atoms in total. The van der Waals surface area contributed by atoms with Crippen molar-refractivity contribution in [2.24, 2.45) is 0 Å². The van der Waals surface area contributed by atoms with Crippen LogP contribution in [0.3, 0.4) is 0 Å². The number of amides is 3. The second-order valence-electron chi connectivity index (χ2n) is 16.9. The van der Waals surface area contributed by atoms with Gasteiger partial charge >= 0.3 is 12.2 Å². The van der Waals surface area contributed by atoms with Gasteiger partial charge in [-0.2, -0.15) is 0 Å². The van der Waals surface area contributed by atoms with Gasteiger partial charge in [0.2, 0.25) is 11.1 Å². The summed E-state index contributed by atoms with van der Waals surface area (Å²) in [5.41, 5.74) is 9.05. The van der Waals surface area contributed by atoms with Gasteiger partial charge in [-0.1, -0.05) is 81.8 Å². The topological polar surface area (TPSA) is 199 Å². The highest BCUT2D eigenvalue weighted by Crippen LogP contribution is 2.38. The molecular formula is C46H65Br2Cl3N8O6. The molecule has 0 aliphatic heterocycles. The number of nitrogens with one attached hydrogen (secondary N) is 5. The third kappa shape index (κ3) is 23.0. The van der Waals surface area contributed by atoms with E-state index in [4.69, 9.17) is 50.0 Å². The number of alkyl carbamates (subject to hydrolysis) is 2. The van der Waals surface area contributed by atoms with Crippen LogP contribution < -0.4 is 32.3 Å². The molecule has 0 aliphatic carbocycles. The number of anilines is 4. The molecular weight excluding hydrogens is 1030 g/mol. The first-order chi connectivity index (χ1) is 30.5. The summed E-state index contributed by atoms with van der Waals surface area (Å²) >= 11 is 24.6. The zero-order valence-electron chi connectivity index (χ0n) is 38.7. The zero-order valence-corrected chi connectivity index (χ0v) is 44.1. The molecule has 7 N–H and O–H groups in total. The number of halogens is 5. The summed E-state index contributed by atoms with van der Waals surface area (Å²) in [7, 11) is 0. The summed E-state index contributed by atoms with van der Waals surface area (Å²) in [4.78, 5) is 54.4. The summed E-state index contributed by atoms with van der Waals surface area (Å²) in [6.45, 7) is 17.5. The SMILES string of the molecule is CC(C)(C)OC(=O)NCCCCNc1c(N)c(Cl)nc2ccc(Br)cc12.CCCCC(=O)Cl.CCCCC(=O)Nc1c(Cl)nc2ccc(Br)cc2c1NCCCCNC(=O)OC(C)(C)C. The van der Waals surface area contributed by atoms with Gasteiger partial charge in [0, 0.05) is 58.7 Å². The molecule has 0 saturated carbocycles. The van der Waals surface area contributed by atoms with E-state index in [-0.39, 0.29) is 21.5 Å². The largest absolute Gasteiger partial charge is 0.444 e. The Balaban J connectivity index is 0.000000395. The number of hydrogen-bond donors (Lipinski definition) is 6. The van der Waals surface area contributed by atoms with Crippen molar-refractivity contribution in [2.75, 3.05) is 47.9 Å². The van der Waals surface area contributed by atoms with E-state index < -0.39 is 23.4 Å². The Morgan fingerprint density at radius 2 is 1.06 bits per heavy atom. The number of hydrogen-bond acceptors (Lipinski definition) is 11. The normalized spacial score (nSPS) is 11.1. The first-order valence-electron chi connectivity index (χ1n) is 21.8. The molecule has 4 rings (SSSR count). The van der Waals surface area contributed by atoms with Gasteiger partial charge in [0.25, 0.3) is 0 Å². The van der Waals surface area contributed by atoms with Gasteiger partial charge in [0.1, 0.15) is 16.9 Å². The molecule has 0 saturated heterocycles. The van der Waals surface area contributed by atoms with Gasteiger partial charge in [-0.15, -0.1) is 0 Å². The number of nitrogens with zero attached hydrogens (tertiary/aromatic N) is 2. The Morgan fingerprint density at radius 1 is 0.631 bits per heavy atom. The van der Waals surface area contributed by atoms with E-state index in [0.29, 0.717) is 50.4 Å². The number of benzene rings is 2. The fourth-order valence-corrected chi connectivity index (χ4v) is 6.98. The van der Waals surface area contributed by atoms with E-state index in [1.165, 1.54) is 0 Å². The molecule has 2 aromatic carbocycles. The highest BCUT2D eigenvalue weighted by Gasteiger charge is 2.19. The van der Waals surface area contributed by atoms with E-state index in [0.717, 1.165) is 93.5 Å². The molecule has 360 valence electrons. The van der Waals surface area contributed by atoms with Crippen LogP contribution in [0.4, 0.5) is 32.3 Å². The lowest BCUT2D eigenvalue weighted by atomic mass is 10.1. The zero-order chi connectivity index (χ0) is 48.7. The number of pyridine rings is 2. The number of aromatic nitrogens is 2. The van der Waals surface area contributed by atoms with E-state index >= 15 is 0 Å². The van der Waals surface area contributed by atoms with Crippen molar-refractivity contribution >= 4 is 135 Å². The smallest absolute Gasteiger partial charge is 0.407 e. The molecule has 2 heterocycles. The molecule has 0 unspecified atom stereocenters. The average Bonchev–Trinajstić information content (AvgIpc) is 3.20. The summed E-state index contributed by atoms with van der Waals surface area (Å²) in [6, 6.07) is 11.5. The lowest BCUT2D eigenvalue weighted by molar-refractivity contribution is -0.116. The van der Waals surface area contributed by atoms with Gasteiger partial charge in [0.15, 0.2) is 10.3 Å². The lowest BCUT2D eigenvalue weighted by Gasteiger charge is -2.19. The van der Waals surface area contributed by atoms with Crippen molar-refractivity contribution in [2.45, 2.75) is 131 Å². The summed E-state index contributed by atoms with van der Waals surface area (Å²) in [5.74, 6) is -0.0884. The van der Waals surface area contributed by atoms with Crippen molar-refractivity contribution in [1.29, 1.82) is 0 Å². The van der Waals surface area contributed by atoms with Crippen molar-refractivity contribution < 1.29 is 28.7 Å². The monoisotopic (exact) mass is 1090 g/mol. The Kier molecular flexibility index (Phi) is 25.6. The van der Waals surface area contributed by atoms with E-state index in [1.54, 1.807) is 0 Å². The van der Waals surface area contributed by atoms with Gasteiger partial charge in [-0.05, 0) is 128 Å². The molecule has 0 bridgehead atoms. The molecule has 4 aromatic rings. The van der Waals surface area contributed by atoms with Crippen molar-refractivity contribution in [3.8, 4) is 0 Å². The minimum atomic E-state index is -0.514. The molecule has 0 aliphatic rings. The summed E-state index contributed by atoms with van der Waals surface area (Å²) in [6.07, 6.45) is 7.08. The van der Waals surface area contributed by atoms with Crippen LogP contribution in [0.5, 0.6) is 0 Å². The molecule has 3 amide bonds. The number of carbonyl (C=O) groups excluding carboxylic acids is 4. The van der Waals surface area contributed by atoms with Crippen LogP contribution in [-0.4, -0.2) is 70.7 Å². The molecule has 0 spiro atoms. The van der Waals surface area contributed by atoms with Crippen LogP contribution >= 0.6 is 66.7 Å². The molecule has 0 fully saturated rings. The second kappa shape index (κ2) is 29.0. The maximum atomic E-state index is 12.4. The maximum absolute atomic E-state index is 12.4. The molecule has 2 aromatic heterocycles. The number of ether oxygens (including phenoxy) is 2. The highest BCUT2D eigenvalue weighted by molar-refractivity contribution is 9.10. The van der Waals surface area contributed by atoms with Gasteiger partial charge in [0.05, 0.1) is 28.1 Å². The number of fused-ring (bicyclic) bond motifs is 2. The minimum absolute atomic E-state index is 0.0884. The van der Waals surface area contributed by atoms with E-state index in [2.05, 4.69) is 68.4 Å². The highest BCUT2D eigenvalue weighted by atomic mass is 79.9. The van der Waals surface area contributed by atoms with Gasteiger partial charge in [-0.3, -0.25) is 9.59 Å². The fraction of sp³-hybridized carbons (Fsp3) is 0.522. The van der Waals surface area contributed by atoms with Crippen LogP contribution in [0.25, 0.3) is 21.8 Å². The molecule has 0 radical (unpaired) electrons. The van der Waals surface area contributed by atoms with Crippen LogP contribution in [0.1, 0.15) is 120 Å². The summed E-state index contributed by atoms with van der Waals surface area (Å²) < 4.78 is 12.3. The van der Waals surface area contributed by atoms with Crippen molar-refractivity contribution in [3.63, 3.8) is 0 Å². The Morgan fingerprint density at radius 3 is 1.51 bits per heavy atom. The van der Waals surface area contributed by atoms with E-state index in [1.807, 2.05) is 91.8 Å². The van der Waals surface area contributed by atoms with Crippen molar-refractivity contribution in [3.05, 3.63) is 55.6 Å². The average molecular weight is 1090 g/mol. The first-order valence-corrected chi connectivity index (χ1v) is 24.5. The third-order valence-corrected chi connectivity index (χ3v) is 10.5. The predicted octanol–water partition coefficient (Wildman–Crippen LogP) is 13.4. The maximum Gasteiger partial charge on any atom is 0.407 e. The first kappa shape index (κ1) is 57.3. The minimum Gasteiger partial charge on any atom is -0.444 e. The molecule has 19 heteroatoms. The fourth-order valence-electron chi connectivity index (χ4n) is 5.70. The number of nitrogen functional groups attached to an aromatic ring is 1. The van der Waals surface area contributed by atoms with Crippen LogP contribution in [0.15, 0.2) is 45.3 Å². The third-order valence-electron chi connectivity index (χ3n) is 8.74. The molecule has 0 atom stereocenters. The van der Waals surface area contributed by atoms with Crippen LogP contribution in [0.2, 0.25) is 10.3 Å². The number of nitrogens with two attached hydrogens (primary N) is 1. The standard InChI is InChI=1S/C23H32BrClN4O3.C18H24BrClN4O2.C5H9ClO/c1-5-6-9-18(30)29-20-19(16-14-15(24)10-11-17(16)28-21(20)25)26-12-7-8-13-27-22(31)32-23(2,3)4;1-18(2,3)26-17(25)23-9-5-4-8-22-15-12-10-11(19)6-7-13(12)24-16(20)14(15)21;1-2-3-4-5(6)7/h10-11,14H,5-9,12-13H2,1-4H3,(H,26,28)(H,27,31)(H,29,30);6-7,10H,4-5,8-9,21H2,1-3H3,(H,22,24)(H,23,25);2-4H2,1H3. The number of carbonyl (C=O) groups is 4. The lowest BCUT2D eigenvalue weighted by Crippen LogP contribution is -2.33. The Bertz CT molecular complexity index is 2190. The Labute approximate surface area is 415 Å². The molecule has 65 heavy (non-hydrogen) atoms. The van der Waals surface area contributed by atoms with Crippen LogP contribution in [-0.2, 0) is 19.1 Å². The van der Waals surface area contributed by atoms with Gasteiger partial charge in [-0.25, -0.2) is 19.6 Å². The summed E-state index contributed by atoms with van der Waals surface area (Å²) in [5, 5.41) is 17.3. The van der Waals surface area contributed by atoms with Crippen molar-refractivity contribution in [1.82, 2.24) is 20.6 Å². The predicted molar refractivity (Wildman–Crippen MR) is 276 cm³/mol. The quantitative estimate of drug-likeness (QED) is 0.0297. The van der Waals surface area contributed by atoms with Gasteiger partial charge < -0.3 is 41.8 Å². The Hall–Kier alpha value is -3.83. The number of unbranched alkanes of at least 4 members (excludes halogenated alkanes) is 4. The number of rotatable bonds is 19. The van der Waals surface area contributed by atoms with E-state index in [9.17, 15) is 19.2 Å².